The number of rotatable bonds is 2. The van der Waals surface area contributed by atoms with E-state index in [0.29, 0.717) is 11.4 Å². The molecule has 0 radical (unpaired) electrons. The number of aromatic nitrogens is 5. The number of nitrogens with zero attached hydrogens (tertiary/aromatic N) is 5. The van der Waals surface area contributed by atoms with Crippen molar-refractivity contribution < 1.29 is 0 Å². The molecule has 0 aliphatic rings. The van der Waals surface area contributed by atoms with E-state index in [9.17, 15) is 0 Å². The van der Waals surface area contributed by atoms with Crippen LogP contribution in [0, 0.1) is 11.3 Å². The van der Waals surface area contributed by atoms with Gasteiger partial charge in [0.05, 0.1) is 12.4 Å². The van der Waals surface area contributed by atoms with Gasteiger partial charge in [0.25, 0.3) is 0 Å². The zero-order valence-electron chi connectivity index (χ0n) is 9.28. The van der Waals surface area contributed by atoms with Crippen LogP contribution in [-0.4, -0.2) is 25.2 Å². The van der Waals surface area contributed by atoms with Crippen LogP contribution in [0.4, 0.5) is 0 Å². The molecule has 6 nitrogen and oxygen atoms in total. The van der Waals surface area contributed by atoms with E-state index < -0.39 is 0 Å². The van der Waals surface area contributed by atoms with Crippen molar-refractivity contribution in [3.8, 4) is 23.1 Å². The van der Waals surface area contributed by atoms with Gasteiger partial charge >= 0.3 is 0 Å². The maximum absolute atomic E-state index is 8.92. The highest BCUT2D eigenvalue weighted by atomic mass is 15.5. The van der Waals surface area contributed by atoms with E-state index in [1.54, 1.807) is 6.20 Å². The topological polar surface area (TPSA) is 83.2 Å². The molecule has 0 bridgehead atoms. The van der Waals surface area contributed by atoms with Gasteiger partial charge < -0.3 is 0 Å². The Labute approximate surface area is 102 Å². The quantitative estimate of drug-likeness (QED) is 0.731. The van der Waals surface area contributed by atoms with Gasteiger partial charge in [-0.1, -0.05) is 35.5 Å². The van der Waals surface area contributed by atoms with Crippen molar-refractivity contribution in [1.29, 1.82) is 5.26 Å². The van der Waals surface area contributed by atoms with E-state index in [1.165, 1.54) is 10.9 Å². The molecule has 0 aliphatic carbocycles. The monoisotopic (exact) mass is 236 g/mol. The maximum atomic E-state index is 8.92. The minimum atomic E-state index is 0.430. The Bertz CT molecular complexity index is 704. The Hall–Kier alpha value is -2.94. The minimum absolute atomic E-state index is 0.430. The molecule has 0 aliphatic heterocycles. The number of nitrogens with one attached hydrogen (secondary N) is 1. The second kappa shape index (κ2) is 4.14. The fraction of sp³-hybridized carbons (Fsp3) is 0. The maximum Gasteiger partial charge on any atom is 0.169 e. The first kappa shape index (κ1) is 10.2. The normalized spacial score (nSPS) is 10.2. The molecule has 0 unspecified atom stereocenters. The van der Waals surface area contributed by atoms with Crippen LogP contribution in [0.2, 0.25) is 0 Å². The van der Waals surface area contributed by atoms with Crippen molar-refractivity contribution in [2.75, 3.05) is 0 Å². The van der Waals surface area contributed by atoms with Gasteiger partial charge in [0.15, 0.2) is 5.82 Å². The summed E-state index contributed by atoms with van der Waals surface area (Å²) in [7, 11) is 0. The fourth-order valence-electron chi connectivity index (χ4n) is 1.65. The first-order valence-corrected chi connectivity index (χ1v) is 5.30. The second-order valence-corrected chi connectivity index (χ2v) is 3.66. The summed E-state index contributed by atoms with van der Waals surface area (Å²) in [6.07, 6.45) is 3.21. The smallest absolute Gasteiger partial charge is 0.169 e. The van der Waals surface area contributed by atoms with Crippen molar-refractivity contribution in [2.24, 2.45) is 0 Å². The van der Waals surface area contributed by atoms with E-state index >= 15 is 0 Å². The molecule has 0 amide bonds. The van der Waals surface area contributed by atoms with Crippen molar-refractivity contribution in [3.05, 3.63) is 48.3 Å². The Kier molecular flexibility index (Phi) is 2.35. The minimum Gasteiger partial charge on any atom is -0.260 e. The number of benzene rings is 1. The van der Waals surface area contributed by atoms with Crippen LogP contribution in [-0.2, 0) is 0 Å². The molecule has 3 rings (SSSR count). The van der Waals surface area contributed by atoms with Crippen LogP contribution in [0.3, 0.4) is 0 Å². The molecule has 0 atom stereocenters. The van der Waals surface area contributed by atoms with Crippen LogP contribution in [0.5, 0.6) is 0 Å². The van der Waals surface area contributed by atoms with Crippen LogP contribution in [0.1, 0.15) is 5.56 Å². The Morgan fingerprint density at radius 1 is 1.22 bits per heavy atom. The van der Waals surface area contributed by atoms with Crippen LogP contribution < -0.4 is 0 Å². The predicted molar refractivity (Wildman–Crippen MR) is 63.7 cm³/mol. The highest BCUT2D eigenvalue weighted by Gasteiger charge is 2.10. The number of H-pyrrole nitrogens is 1. The molecule has 0 saturated carbocycles. The lowest BCUT2D eigenvalue weighted by Gasteiger charge is -1.94. The van der Waals surface area contributed by atoms with Crippen molar-refractivity contribution in [2.45, 2.75) is 0 Å². The predicted octanol–water partition coefficient (Wildman–Crippen LogP) is 1.53. The van der Waals surface area contributed by atoms with Gasteiger partial charge in [-0.05, 0) is 0 Å². The molecule has 0 saturated heterocycles. The van der Waals surface area contributed by atoms with E-state index in [-0.39, 0.29) is 0 Å². The molecular weight excluding hydrogens is 228 g/mol. The summed E-state index contributed by atoms with van der Waals surface area (Å²) in [5.41, 5.74) is 2.15. The first-order chi connectivity index (χ1) is 8.88. The summed E-state index contributed by atoms with van der Waals surface area (Å²) in [6.45, 7) is 0. The Morgan fingerprint density at radius 3 is 2.83 bits per heavy atom. The third-order valence-electron chi connectivity index (χ3n) is 2.53. The largest absolute Gasteiger partial charge is 0.260 e. The van der Waals surface area contributed by atoms with Gasteiger partial charge in [0.2, 0.25) is 0 Å². The number of nitriles is 1. The molecule has 86 valence electrons. The summed E-state index contributed by atoms with van der Waals surface area (Å²) in [6, 6.07) is 11.8. The second-order valence-electron chi connectivity index (χ2n) is 3.66. The molecule has 2 heterocycles. The molecule has 6 heteroatoms. The van der Waals surface area contributed by atoms with E-state index in [4.69, 9.17) is 5.26 Å². The number of hydrogen-bond acceptors (Lipinski definition) is 4. The van der Waals surface area contributed by atoms with E-state index in [1.807, 2.05) is 36.4 Å². The van der Waals surface area contributed by atoms with Crippen molar-refractivity contribution in [3.63, 3.8) is 0 Å². The first-order valence-electron chi connectivity index (χ1n) is 5.30. The van der Waals surface area contributed by atoms with Gasteiger partial charge in [0.1, 0.15) is 17.3 Å². The molecule has 18 heavy (non-hydrogen) atoms. The molecular formula is C12H8N6. The lowest BCUT2D eigenvalue weighted by atomic mass is 10.2. The summed E-state index contributed by atoms with van der Waals surface area (Å²) in [5.74, 6) is 0.521. The average molecular weight is 236 g/mol. The Morgan fingerprint density at radius 2 is 2.06 bits per heavy atom. The lowest BCUT2D eigenvalue weighted by molar-refractivity contribution is 0.775. The van der Waals surface area contributed by atoms with Crippen molar-refractivity contribution in [1.82, 2.24) is 25.2 Å². The van der Waals surface area contributed by atoms with E-state index in [0.717, 1.165) is 11.3 Å². The van der Waals surface area contributed by atoms with E-state index in [2.05, 4.69) is 20.5 Å². The molecule has 2 aromatic heterocycles. The Balaban J connectivity index is 2.03. The van der Waals surface area contributed by atoms with Gasteiger partial charge in [-0.2, -0.15) is 10.4 Å². The SMILES string of the molecule is N#Cc1cn[nH]c1-n1cc(-c2ccccc2)nn1. The zero-order chi connectivity index (χ0) is 12.4. The van der Waals surface area contributed by atoms with Gasteiger partial charge in [-0.25, -0.2) is 4.68 Å². The van der Waals surface area contributed by atoms with Crippen molar-refractivity contribution >= 4 is 0 Å². The van der Waals surface area contributed by atoms with Gasteiger partial charge in [0, 0.05) is 5.56 Å². The van der Waals surface area contributed by atoms with Gasteiger partial charge in [-0.3, -0.25) is 5.10 Å². The summed E-state index contributed by atoms with van der Waals surface area (Å²) in [4.78, 5) is 0. The summed E-state index contributed by atoms with van der Waals surface area (Å²) < 4.78 is 1.51. The average Bonchev–Trinajstić information content (AvgIpc) is 3.08. The highest BCUT2D eigenvalue weighted by molar-refractivity contribution is 5.58. The third-order valence-corrected chi connectivity index (χ3v) is 2.53. The molecule has 1 N–H and O–H groups in total. The fourth-order valence-corrected chi connectivity index (χ4v) is 1.65. The lowest BCUT2D eigenvalue weighted by Crippen LogP contribution is -1.97. The van der Waals surface area contributed by atoms with Gasteiger partial charge in [-0.15, -0.1) is 5.10 Å². The molecule has 0 spiro atoms. The zero-order valence-corrected chi connectivity index (χ0v) is 9.28. The molecule has 3 aromatic rings. The van der Waals surface area contributed by atoms with Crippen LogP contribution >= 0.6 is 0 Å². The number of aromatic amines is 1. The summed E-state index contributed by atoms with van der Waals surface area (Å²) >= 11 is 0. The summed E-state index contributed by atoms with van der Waals surface area (Å²) in [5, 5.41) is 23.5. The van der Waals surface area contributed by atoms with Crippen LogP contribution in [0.25, 0.3) is 17.1 Å². The highest BCUT2D eigenvalue weighted by Crippen LogP contribution is 2.17. The third kappa shape index (κ3) is 1.64. The van der Waals surface area contributed by atoms with Crippen LogP contribution in [0.15, 0.2) is 42.7 Å². The molecule has 0 fully saturated rings. The standard InChI is InChI=1S/C12H8N6/c13-6-10-7-14-16-12(10)18-8-11(15-17-18)9-4-2-1-3-5-9/h1-5,7-8H,(H,14,16). The molecule has 1 aromatic carbocycles. The number of hydrogen-bond donors (Lipinski definition) is 1.